The number of benzene rings is 2. The van der Waals surface area contributed by atoms with Crippen LogP contribution in [0, 0.1) is 0 Å². The standard InChI is InChI=1S/C21H20F3N5O2/c1-2-18(30)31-19-14(4-3-5-15(19)25)16-10-17(29-20(26)28-16)27-11-12-6-8-13(9-7-12)21(22,23)24/h3-10H,2,11,25H2,1H3,(H3,26,27,28,29). The van der Waals surface area contributed by atoms with E-state index >= 15 is 0 Å². The van der Waals surface area contributed by atoms with Gasteiger partial charge < -0.3 is 21.5 Å². The van der Waals surface area contributed by atoms with E-state index in [4.69, 9.17) is 16.2 Å². The summed E-state index contributed by atoms with van der Waals surface area (Å²) < 4.78 is 43.4. The molecule has 0 unspecified atom stereocenters. The molecule has 162 valence electrons. The van der Waals surface area contributed by atoms with Gasteiger partial charge in [0, 0.05) is 24.6 Å². The van der Waals surface area contributed by atoms with Crippen molar-refractivity contribution in [3.63, 3.8) is 0 Å². The first-order valence-corrected chi connectivity index (χ1v) is 9.31. The maximum absolute atomic E-state index is 12.7. The van der Waals surface area contributed by atoms with Crippen LogP contribution in [-0.2, 0) is 17.5 Å². The molecule has 0 aliphatic carbocycles. The van der Waals surface area contributed by atoms with E-state index in [-0.39, 0.29) is 30.4 Å². The van der Waals surface area contributed by atoms with Gasteiger partial charge in [-0.3, -0.25) is 4.79 Å². The normalized spacial score (nSPS) is 11.2. The minimum Gasteiger partial charge on any atom is -0.424 e. The van der Waals surface area contributed by atoms with Gasteiger partial charge in [0.15, 0.2) is 5.75 Å². The van der Waals surface area contributed by atoms with Crippen molar-refractivity contribution in [3.8, 4) is 17.0 Å². The van der Waals surface area contributed by atoms with E-state index in [2.05, 4.69) is 15.3 Å². The Kier molecular flexibility index (Phi) is 6.28. The largest absolute Gasteiger partial charge is 0.424 e. The molecule has 0 aliphatic rings. The Morgan fingerprint density at radius 3 is 2.45 bits per heavy atom. The van der Waals surface area contributed by atoms with E-state index < -0.39 is 17.7 Å². The molecule has 0 saturated carbocycles. The molecule has 31 heavy (non-hydrogen) atoms. The Morgan fingerprint density at radius 2 is 1.81 bits per heavy atom. The fourth-order valence-electron chi connectivity index (χ4n) is 2.76. The number of carbonyl (C=O) groups is 1. The first kappa shape index (κ1) is 21.9. The van der Waals surface area contributed by atoms with Crippen LogP contribution in [0.15, 0.2) is 48.5 Å². The molecule has 5 N–H and O–H groups in total. The summed E-state index contributed by atoms with van der Waals surface area (Å²) in [7, 11) is 0. The number of nitrogens with one attached hydrogen (secondary N) is 1. The van der Waals surface area contributed by atoms with Crippen LogP contribution in [0.2, 0.25) is 0 Å². The lowest BCUT2D eigenvalue weighted by atomic mass is 10.1. The topological polar surface area (TPSA) is 116 Å². The van der Waals surface area contributed by atoms with Crippen LogP contribution in [0.3, 0.4) is 0 Å². The predicted octanol–water partition coefficient (Wildman–Crippen LogP) is 4.25. The highest BCUT2D eigenvalue weighted by molar-refractivity contribution is 5.82. The zero-order valence-electron chi connectivity index (χ0n) is 16.5. The molecule has 1 heterocycles. The van der Waals surface area contributed by atoms with Gasteiger partial charge in [0.1, 0.15) is 5.82 Å². The van der Waals surface area contributed by atoms with Crippen LogP contribution >= 0.6 is 0 Å². The van der Waals surface area contributed by atoms with E-state index in [0.717, 1.165) is 12.1 Å². The third-order valence-electron chi connectivity index (χ3n) is 4.32. The van der Waals surface area contributed by atoms with Gasteiger partial charge in [-0.2, -0.15) is 18.2 Å². The highest BCUT2D eigenvalue weighted by atomic mass is 19.4. The van der Waals surface area contributed by atoms with Crippen molar-refractivity contribution in [2.24, 2.45) is 0 Å². The molecular weight excluding hydrogens is 411 g/mol. The Labute approximate surface area is 176 Å². The van der Waals surface area contributed by atoms with Gasteiger partial charge in [-0.25, -0.2) is 4.98 Å². The van der Waals surface area contributed by atoms with Gasteiger partial charge in [-0.1, -0.05) is 25.1 Å². The van der Waals surface area contributed by atoms with Crippen molar-refractivity contribution in [1.82, 2.24) is 9.97 Å². The summed E-state index contributed by atoms with van der Waals surface area (Å²) in [4.78, 5) is 20.1. The summed E-state index contributed by atoms with van der Waals surface area (Å²) in [5.74, 6) is 0.0168. The maximum atomic E-state index is 12.7. The van der Waals surface area contributed by atoms with Crippen LogP contribution in [0.25, 0.3) is 11.3 Å². The Balaban J connectivity index is 1.85. The Morgan fingerprint density at radius 1 is 1.10 bits per heavy atom. The number of ether oxygens (including phenoxy) is 1. The minimum absolute atomic E-state index is 0.0392. The second-order valence-electron chi connectivity index (χ2n) is 6.60. The number of carbonyl (C=O) groups excluding carboxylic acids is 1. The molecule has 3 aromatic rings. The number of hydrogen-bond donors (Lipinski definition) is 3. The molecule has 0 amide bonds. The van der Waals surface area contributed by atoms with E-state index in [1.807, 2.05) is 0 Å². The molecule has 0 spiro atoms. The van der Waals surface area contributed by atoms with Gasteiger partial charge in [0.2, 0.25) is 5.95 Å². The molecule has 7 nitrogen and oxygen atoms in total. The molecule has 10 heteroatoms. The number of esters is 1. The smallest absolute Gasteiger partial charge is 0.416 e. The van der Waals surface area contributed by atoms with Crippen molar-refractivity contribution in [1.29, 1.82) is 0 Å². The predicted molar refractivity (Wildman–Crippen MR) is 111 cm³/mol. The van der Waals surface area contributed by atoms with Crippen LogP contribution in [0.5, 0.6) is 5.75 Å². The first-order valence-electron chi connectivity index (χ1n) is 9.31. The summed E-state index contributed by atoms with van der Waals surface area (Å²) in [5.41, 5.74) is 12.8. The van der Waals surface area contributed by atoms with E-state index in [1.54, 1.807) is 31.2 Å². The number of rotatable bonds is 6. The quantitative estimate of drug-likeness (QED) is 0.303. The van der Waals surface area contributed by atoms with Crippen molar-refractivity contribution < 1.29 is 22.7 Å². The highest BCUT2D eigenvalue weighted by Crippen LogP contribution is 2.35. The van der Waals surface area contributed by atoms with Gasteiger partial charge in [0.05, 0.1) is 16.9 Å². The summed E-state index contributed by atoms with van der Waals surface area (Å²) in [5, 5.41) is 3.00. The lowest BCUT2D eigenvalue weighted by Crippen LogP contribution is -2.10. The third-order valence-corrected chi connectivity index (χ3v) is 4.32. The molecule has 0 saturated heterocycles. The van der Waals surface area contributed by atoms with Crippen molar-refractivity contribution >= 4 is 23.4 Å². The zero-order chi connectivity index (χ0) is 22.6. The summed E-state index contributed by atoms with van der Waals surface area (Å²) in [6, 6.07) is 11.3. The van der Waals surface area contributed by atoms with E-state index in [9.17, 15) is 18.0 Å². The van der Waals surface area contributed by atoms with Crippen LogP contribution < -0.4 is 21.5 Å². The van der Waals surface area contributed by atoms with Gasteiger partial charge in [-0.15, -0.1) is 0 Å². The summed E-state index contributed by atoms with van der Waals surface area (Å²) in [6.07, 6.45) is -4.22. The number of nitrogen functional groups attached to an aromatic ring is 2. The number of alkyl halides is 3. The lowest BCUT2D eigenvalue weighted by Gasteiger charge is -2.13. The van der Waals surface area contributed by atoms with Crippen LogP contribution in [0.1, 0.15) is 24.5 Å². The number of halogens is 3. The second kappa shape index (κ2) is 8.90. The van der Waals surface area contributed by atoms with E-state index in [0.29, 0.717) is 22.6 Å². The van der Waals surface area contributed by atoms with Crippen molar-refractivity contribution in [2.45, 2.75) is 26.1 Å². The second-order valence-corrected chi connectivity index (χ2v) is 6.60. The monoisotopic (exact) mass is 431 g/mol. The van der Waals surface area contributed by atoms with Gasteiger partial charge in [0.25, 0.3) is 0 Å². The van der Waals surface area contributed by atoms with Crippen LogP contribution in [-0.4, -0.2) is 15.9 Å². The maximum Gasteiger partial charge on any atom is 0.416 e. The third kappa shape index (κ3) is 5.41. The first-order chi connectivity index (χ1) is 14.7. The fourth-order valence-corrected chi connectivity index (χ4v) is 2.76. The SMILES string of the molecule is CCC(=O)Oc1c(N)cccc1-c1cc(NCc2ccc(C(F)(F)F)cc2)nc(N)n1. The minimum atomic E-state index is -4.39. The van der Waals surface area contributed by atoms with Crippen molar-refractivity contribution in [2.75, 3.05) is 16.8 Å². The van der Waals surface area contributed by atoms with E-state index in [1.165, 1.54) is 12.1 Å². The molecule has 0 bridgehead atoms. The molecule has 0 fully saturated rings. The molecule has 0 aliphatic heterocycles. The van der Waals surface area contributed by atoms with Gasteiger partial charge >= 0.3 is 12.1 Å². The number of anilines is 3. The Bertz CT molecular complexity index is 1090. The van der Waals surface area contributed by atoms with Crippen LogP contribution in [0.4, 0.5) is 30.6 Å². The number of para-hydroxylation sites is 1. The highest BCUT2D eigenvalue weighted by Gasteiger charge is 2.29. The average Bonchev–Trinajstić information content (AvgIpc) is 2.73. The summed E-state index contributed by atoms with van der Waals surface area (Å²) in [6.45, 7) is 1.87. The van der Waals surface area contributed by atoms with Gasteiger partial charge in [-0.05, 0) is 29.8 Å². The molecule has 0 radical (unpaired) electrons. The summed E-state index contributed by atoms with van der Waals surface area (Å²) >= 11 is 0. The Hall–Kier alpha value is -3.82. The fraction of sp³-hybridized carbons (Fsp3) is 0.190. The molecule has 0 atom stereocenters. The number of aromatic nitrogens is 2. The number of hydrogen-bond acceptors (Lipinski definition) is 7. The molecule has 2 aromatic carbocycles. The lowest BCUT2D eigenvalue weighted by molar-refractivity contribution is -0.137. The molecule has 1 aromatic heterocycles. The number of nitrogens with two attached hydrogens (primary N) is 2. The van der Waals surface area contributed by atoms with Crippen molar-refractivity contribution in [3.05, 3.63) is 59.7 Å². The molecule has 3 rings (SSSR count). The zero-order valence-corrected chi connectivity index (χ0v) is 16.5. The molecular formula is C21H20F3N5O2. The number of nitrogens with zero attached hydrogens (tertiary/aromatic N) is 2. The average molecular weight is 431 g/mol.